The second kappa shape index (κ2) is 26.3. The number of ether oxygens (including phenoxy) is 5. The molecule has 1 amide bonds. The first-order chi connectivity index (χ1) is 19.9. The summed E-state index contributed by atoms with van der Waals surface area (Å²) in [5, 5.41) is 0. The van der Waals surface area contributed by atoms with Crippen LogP contribution in [0.2, 0.25) is 0 Å². The van der Waals surface area contributed by atoms with E-state index in [0.29, 0.717) is 11.5 Å². The van der Waals surface area contributed by atoms with Crippen LogP contribution in [0.25, 0.3) is 0 Å². The van der Waals surface area contributed by atoms with Gasteiger partial charge in [0.05, 0.1) is 20.3 Å². The van der Waals surface area contributed by atoms with E-state index in [0.717, 1.165) is 24.7 Å². The molecule has 0 aliphatic carbocycles. The van der Waals surface area contributed by atoms with Crippen LogP contribution in [0.5, 0.6) is 17.2 Å². The molecule has 0 spiro atoms. The summed E-state index contributed by atoms with van der Waals surface area (Å²) in [6.45, 7) is 3.90. The first-order valence-electron chi connectivity index (χ1n) is 12.9. The molecule has 12 heteroatoms. The van der Waals surface area contributed by atoms with E-state index < -0.39 is 11.5 Å². The molecule has 1 atom stereocenters. The van der Waals surface area contributed by atoms with E-state index in [4.69, 9.17) is 30.5 Å². The summed E-state index contributed by atoms with van der Waals surface area (Å²) in [4.78, 5) is 27.4. The van der Waals surface area contributed by atoms with E-state index in [-0.39, 0.29) is 53.5 Å². The summed E-state index contributed by atoms with van der Waals surface area (Å²) in [6.07, 6.45) is 10.8. The van der Waals surface area contributed by atoms with Crippen LogP contribution in [-0.4, -0.2) is 77.9 Å². The molecule has 5 rings (SSSR count). The van der Waals surface area contributed by atoms with Crippen LogP contribution in [0.4, 0.5) is 9.59 Å². The zero-order valence-electron chi connectivity index (χ0n) is 25.4. The summed E-state index contributed by atoms with van der Waals surface area (Å²) >= 11 is 4.95. The van der Waals surface area contributed by atoms with Crippen LogP contribution in [0.3, 0.4) is 0 Å². The third-order valence-electron chi connectivity index (χ3n) is 5.29. The number of para-hydroxylation sites is 2. The van der Waals surface area contributed by atoms with E-state index >= 15 is 0 Å². The fraction of sp³-hybridized carbons (Fsp3) is 0.250. The van der Waals surface area contributed by atoms with Gasteiger partial charge in [-0.1, -0.05) is 36.4 Å². The number of rotatable bonds is 4. The minimum absolute atomic E-state index is 0. The van der Waals surface area contributed by atoms with Crippen LogP contribution < -0.4 is 31.2 Å². The number of carbonyl (C=O) groups is 2. The Bertz CT molecular complexity index is 1210. The van der Waals surface area contributed by atoms with Gasteiger partial charge in [0.15, 0.2) is 0 Å². The smallest absolute Gasteiger partial charge is 1.00 e. The Hall–Kier alpha value is -3.09. The van der Waals surface area contributed by atoms with Gasteiger partial charge in [0, 0.05) is 43.4 Å². The Morgan fingerprint density at radius 1 is 0.841 bits per heavy atom. The molecule has 2 aliphatic heterocycles. The molecule has 3 heterocycles. The predicted molar refractivity (Wildman–Crippen MR) is 169 cm³/mol. The van der Waals surface area contributed by atoms with Gasteiger partial charge in [-0.05, 0) is 68.3 Å². The van der Waals surface area contributed by atoms with Gasteiger partial charge in [0.25, 0.3) is 0 Å². The molecule has 0 radical (unpaired) electrons. The van der Waals surface area contributed by atoms with Gasteiger partial charge >= 0.3 is 34.6 Å². The third-order valence-corrected chi connectivity index (χ3v) is 5.37. The zero-order chi connectivity index (χ0) is 29.7. The Labute approximate surface area is 292 Å². The standard InChI is InChI=1S/C14H15NO3.C7H5ClO2.C6H7NO.C4H8O.CH3.BrH.Mg/c1-11-10-13(17-2)8-9-15(11)14(16)18-12-6-4-3-5-7-12;8-7(9)10-6-4-2-1-3-5-6;1-8-6-2-4-7-5-3-6;1-2-4-5-3-1;;;/h3-11H,1-2H3;1-5H;2-5H,1H3;1-4H2;1H3;1H;/q;;;;-1;;+2/p-1. The van der Waals surface area contributed by atoms with E-state index in [1.54, 1.807) is 87.4 Å². The largest absolute Gasteiger partial charge is 2.00 e. The first-order valence-corrected chi connectivity index (χ1v) is 13.2. The summed E-state index contributed by atoms with van der Waals surface area (Å²) in [5.74, 6) is 2.58. The Kier molecular flexibility index (Phi) is 25.7. The zero-order valence-corrected chi connectivity index (χ0v) is 29.2. The van der Waals surface area contributed by atoms with Gasteiger partial charge in [-0.15, -0.1) is 0 Å². The fourth-order valence-corrected chi connectivity index (χ4v) is 3.32. The maximum atomic E-state index is 12.0. The molecule has 2 aliphatic rings. The fourth-order valence-electron chi connectivity index (χ4n) is 3.23. The molecule has 9 nitrogen and oxygen atoms in total. The second-order valence-electron chi connectivity index (χ2n) is 8.28. The van der Waals surface area contributed by atoms with Crippen LogP contribution in [-0.2, 0) is 9.47 Å². The average molecular weight is 702 g/mol. The van der Waals surface area contributed by atoms with Gasteiger partial charge in [-0.25, -0.2) is 9.59 Å². The number of aromatic nitrogens is 1. The number of methoxy groups -OCH3 is 2. The SMILES string of the molecule is C1CCOC1.COC1=CC(C)N(C(=O)Oc2ccccc2)C=C1.COc1ccncc1.O=C(Cl)Oc1ccccc1.[Br-].[CH3-].[Mg+2]. The maximum absolute atomic E-state index is 12.0. The Balaban J connectivity index is 0. The van der Waals surface area contributed by atoms with Crippen molar-refractivity contribution < 1.29 is 50.3 Å². The quantitative estimate of drug-likeness (QED) is 0.226. The number of halogens is 2. The Morgan fingerprint density at radius 2 is 1.36 bits per heavy atom. The molecule has 0 N–H and O–H groups in total. The van der Waals surface area contributed by atoms with Crippen molar-refractivity contribution in [3.63, 3.8) is 0 Å². The number of carbonyl (C=O) groups excluding carboxylic acids is 2. The van der Waals surface area contributed by atoms with Crippen molar-refractivity contribution in [2.45, 2.75) is 25.8 Å². The van der Waals surface area contributed by atoms with Crippen LogP contribution in [0, 0.1) is 7.43 Å². The molecule has 0 saturated carbocycles. The molecule has 1 aromatic heterocycles. The van der Waals surface area contributed by atoms with Crippen molar-refractivity contribution in [3.8, 4) is 17.2 Å². The van der Waals surface area contributed by atoms with Gasteiger partial charge in [-0.3, -0.25) is 9.88 Å². The monoisotopic (exact) mass is 700 g/mol. The van der Waals surface area contributed by atoms with Gasteiger partial charge in [0.2, 0.25) is 0 Å². The van der Waals surface area contributed by atoms with Crippen LogP contribution >= 0.6 is 11.6 Å². The van der Waals surface area contributed by atoms with Gasteiger partial charge in [0.1, 0.15) is 23.0 Å². The number of amides is 1. The third kappa shape index (κ3) is 18.5. The summed E-state index contributed by atoms with van der Waals surface area (Å²) < 4.78 is 24.7. The van der Waals surface area contributed by atoms with Crippen LogP contribution in [0.15, 0.2) is 109 Å². The van der Waals surface area contributed by atoms with Crippen molar-refractivity contribution in [2.75, 3.05) is 27.4 Å². The van der Waals surface area contributed by atoms with Gasteiger partial charge in [-0.2, -0.15) is 0 Å². The number of hydrogen-bond donors (Lipinski definition) is 0. The van der Waals surface area contributed by atoms with Crippen molar-refractivity contribution in [3.05, 3.63) is 117 Å². The van der Waals surface area contributed by atoms with E-state index in [1.165, 1.54) is 17.7 Å². The number of allylic oxidation sites excluding steroid dienone is 1. The van der Waals surface area contributed by atoms with E-state index in [9.17, 15) is 9.59 Å². The molecule has 2 aromatic carbocycles. The second-order valence-corrected chi connectivity index (χ2v) is 8.59. The molecule has 1 unspecified atom stereocenters. The first kappa shape index (κ1) is 43.0. The number of hydrogen-bond acceptors (Lipinski definition) is 8. The molecule has 44 heavy (non-hydrogen) atoms. The summed E-state index contributed by atoms with van der Waals surface area (Å²) in [5.41, 5.74) is -0.814. The molecule has 0 bridgehead atoms. The number of nitrogens with zero attached hydrogens (tertiary/aromatic N) is 2. The molecule has 3 aromatic rings. The maximum Gasteiger partial charge on any atom is 2.00 e. The molecular formula is C32H38BrClMgN2O7. The summed E-state index contributed by atoms with van der Waals surface area (Å²) in [6, 6.07) is 21.2. The van der Waals surface area contributed by atoms with E-state index in [2.05, 4.69) is 9.72 Å². The minimum Gasteiger partial charge on any atom is -1.00 e. The van der Waals surface area contributed by atoms with Gasteiger partial charge < -0.3 is 48.1 Å². The van der Waals surface area contributed by atoms with Crippen LogP contribution in [0.1, 0.15) is 19.8 Å². The van der Waals surface area contributed by atoms with Crippen molar-refractivity contribution >= 4 is 46.2 Å². The van der Waals surface area contributed by atoms with Crippen molar-refractivity contribution in [2.24, 2.45) is 0 Å². The predicted octanol–water partition coefficient (Wildman–Crippen LogP) is 4.32. The van der Waals surface area contributed by atoms with E-state index in [1.807, 2.05) is 37.3 Å². The normalized spacial score (nSPS) is 13.8. The average Bonchev–Trinajstić information content (AvgIpc) is 3.59. The van der Waals surface area contributed by atoms with Crippen molar-refractivity contribution in [1.29, 1.82) is 0 Å². The molecule has 1 fully saturated rings. The number of pyridine rings is 1. The minimum atomic E-state index is -0.814. The topological polar surface area (TPSA) is 96.4 Å². The number of benzene rings is 2. The molecule has 234 valence electrons. The summed E-state index contributed by atoms with van der Waals surface area (Å²) in [7, 11) is 3.23. The molecular weight excluding hydrogens is 664 g/mol. The van der Waals surface area contributed by atoms with Crippen molar-refractivity contribution in [1.82, 2.24) is 9.88 Å². The molecule has 1 saturated heterocycles. The Morgan fingerprint density at radius 3 is 1.75 bits per heavy atom.